The minimum atomic E-state index is -0.436. The SMILES string of the molecule is CC(=O)Nc1cccc(Cc2ccc3c(c2)C(C=Nc2ccc(N4CCOCC4)cc2)C(=O)N3)c1. The molecular weight excluding hydrogens is 440 g/mol. The predicted molar refractivity (Wildman–Crippen MR) is 139 cm³/mol. The minimum Gasteiger partial charge on any atom is -0.378 e. The van der Waals surface area contributed by atoms with Crippen molar-refractivity contribution >= 4 is 40.8 Å². The molecule has 1 atom stereocenters. The van der Waals surface area contributed by atoms with Crippen molar-refractivity contribution < 1.29 is 14.3 Å². The first-order valence-corrected chi connectivity index (χ1v) is 11.8. The maximum absolute atomic E-state index is 12.7. The van der Waals surface area contributed by atoms with Crippen LogP contribution in [0.1, 0.15) is 29.5 Å². The standard InChI is InChI=1S/C28H28N4O3/c1-19(33)30-23-4-2-3-20(16-23)15-21-5-10-27-25(17-21)26(28(34)31-27)18-29-22-6-8-24(9-7-22)32-11-13-35-14-12-32/h2-10,16-18,26H,11-15H2,1H3,(H,30,33)(H,31,34). The molecule has 0 spiro atoms. The lowest BCUT2D eigenvalue weighted by Gasteiger charge is -2.28. The number of nitrogens with one attached hydrogen (secondary N) is 2. The van der Waals surface area contributed by atoms with E-state index in [1.165, 1.54) is 6.92 Å². The molecule has 2 N–H and O–H groups in total. The molecule has 2 amide bonds. The molecular formula is C28H28N4O3. The first kappa shape index (κ1) is 22.8. The fourth-order valence-electron chi connectivity index (χ4n) is 4.52. The molecule has 3 aromatic carbocycles. The number of carbonyl (C=O) groups is 2. The van der Waals surface area contributed by atoms with Crippen LogP contribution in [0.4, 0.5) is 22.7 Å². The van der Waals surface area contributed by atoms with Gasteiger partial charge < -0.3 is 20.3 Å². The van der Waals surface area contributed by atoms with Crippen LogP contribution < -0.4 is 15.5 Å². The maximum atomic E-state index is 12.7. The number of benzene rings is 3. The van der Waals surface area contributed by atoms with Crippen LogP contribution >= 0.6 is 0 Å². The van der Waals surface area contributed by atoms with E-state index in [1.807, 2.05) is 48.5 Å². The van der Waals surface area contributed by atoms with Crippen molar-refractivity contribution in [1.29, 1.82) is 0 Å². The van der Waals surface area contributed by atoms with Crippen LogP contribution in [0.2, 0.25) is 0 Å². The number of ether oxygens (including phenoxy) is 1. The summed E-state index contributed by atoms with van der Waals surface area (Å²) in [6.07, 6.45) is 2.42. The molecule has 1 saturated heterocycles. The highest BCUT2D eigenvalue weighted by atomic mass is 16.5. The van der Waals surface area contributed by atoms with Gasteiger partial charge in [-0.2, -0.15) is 0 Å². The Morgan fingerprint density at radius 2 is 1.86 bits per heavy atom. The fraction of sp³-hybridized carbons (Fsp3) is 0.250. The molecule has 0 saturated carbocycles. The molecule has 1 unspecified atom stereocenters. The van der Waals surface area contributed by atoms with Crippen LogP contribution in [-0.4, -0.2) is 44.3 Å². The van der Waals surface area contributed by atoms with Crippen molar-refractivity contribution in [3.8, 4) is 0 Å². The van der Waals surface area contributed by atoms with E-state index in [4.69, 9.17) is 4.74 Å². The molecule has 0 aromatic heterocycles. The second-order valence-corrected chi connectivity index (χ2v) is 8.84. The summed E-state index contributed by atoms with van der Waals surface area (Å²) in [5.74, 6) is -0.602. The van der Waals surface area contributed by atoms with Gasteiger partial charge in [0.25, 0.3) is 0 Å². The van der Waals surface area contributed by atoms with Crippen molar-refractivity contribution in [3.63, 3.8) is 0 Å². The smallest absolute Gasteiger partial charge is 0.237 e. The second kappa shape index (κ2) is 10.1. The molecule has 178 valence electrons. The fourth-order valence-corrected chi connectivity index (χ4v) is 4.52. The van der Waals surface area contributed by atoms with Gasteiger partial charge in [0.1, 0.15) is 5.92 Å². The zero-order valence-electron chi connectivity index (χ0n) is 19.7. The van der Waals surface area contributed by atoms with Crippen LogP contribution in [0.5, 0.6) is 0 Å². The number of hydrogen-bond donors (Lipinski definition) is 2. The van der Waals surface area contributed by atoms with E-state index >= 15 is 0 Å². The zero-order valence-corrected chi connectivity index (χ0v) is 19.7. The van der Waals surface area contributed by atoms with Crippen molar-refractivity contribution in [3.05, 3.63) is 83.4 Å². The monoisotopic (exact) mass is 468 g/mol. The quantitative estimate of drug-likeness (QED) is 0.522. The molecule has 0 aliphatic carbocycles. The Morgan fingerprint density at radius 3 is 2.63 bits per heavy atom. The van der Waals surface area contributed by atoms with Gasteiger partial charge in [0.05, 0.1) is 18.9 Å². The number of amides is 2. The van der Waals surface area contributed by atoms with Crippen LogP contribution in [0.25, 0.3) is 0 Å². The van der Waals surface area contributed by atoms with E-state index in [0.29, 0.717) is 6.42 Å². The summed E-state index contributed by atoms with van der Waals surface area (Å²) in [4.78, 5) is 30.9. The maximum Gasteiger partial charge on any atom is 0.237 e. The average molecular weight is 469 g/mol. The molecule has 0 radical (unpaired) electrons. The Hall–Kier alpha value is -3.97. The van der Waals surface area contributed by atoms with Gasteiger partial charge in [-0.3, -0.25) is 14.6 Å². The largest absolute Gasteiger partial charge is 0.378 e. The van der Waals surface area contributed by atoms with E-state index < -0.39 is 5.92 Å². The molecule has 5 rings (SSSR count). The van der Waals surface area contributed by atoms with Crippen molar-refractivity contribution in [2.75, 3.05) is 41.8 Å². The summed E-state index contributed by atoms with van der Waals surface area (Å²) in [7, 11) is 0. The average Bonchev–Trinajstić information content (AvgIpc) is 3.17. The van der Waals surface area contributed by atoms with Crippen molar-refractivity contribution in [2.24, 2.45) is 4.99 Å². The third kappa shape index (κ3) is 5.41. The number of fused-ring (bicyclic) bond motifs is 1. The number of hydrogen-bond acceptors (Lipinski definition) is 5. The van der Waals surface area contributed by atoms with Gasteiger partial charge in [-0.1, -0.05) is 24.3 Å². The van der Waals surface area contributed by atoms with Gasteiger partial charge >= 0.3 is 0 Å². The third-order valence-electron chi connectivity index (χ3n) is 6.25. The first-order chi connectivity index (χ1) is 17.0. The van der Waals surface area contributed by atoms with Gasteiger partial charge in [0.15, 0.2) is 0 Å². The summed E-state index contributed by atoms with van der Waals surface area (Å²) >= 11 is 0. The minimum absolute atomic E-state index is 0.0708. The number of rotatable bonds is 6. The van der Waals surface area contributed by atoms with Crippen molar-refractivity contribution in [2.45, 2.75) is 19.3 Å². The first-order valence-electron chi connectivity index (χ1n) is 11.8. The lowest BCUT2D eigenvalue weighted by molar-refractivity contribution is -0.116. The topological polar surface area (TPSA) is 83.0 Å². The molecule has 3 aromatic rings. The van der Waals surface area contributed by atoms with E-state index in [0.717, 1.165) is 65.7 Å². The van der Waals surface area contributed by atoms with E-state index in [1.54, 1.807) is 6.21 Å². The predicted octanol–water partition coefficient (Wildman–Crippen LogP) is 4.51. The highest BCUT2D eigenvalue weighted by molar-refractivity contribution is 6.12. The summed E-state index contributed by atoms with van der Waals surface area (Å²) < 4.78 is 5.42. The van der Waals surface area contributed by atoms with Gasteiger partial charge in [-0.25, -0.2) is 0 Å². The van der Waals surface area contributed by atoms with Crippen LogP contribution in [0.3, 0.4) is 0 Å². The number of aliphatic imine (C=N–C) groups is 1. The number of morpholine rings is 1. The van der Waals surface area contributed by atoms with E-state index in [-0.39, 0.29) is 11.8 Å². The summed E-state index contributed by atoms with van der Waals surface area (Å²) in [5.41, 5.74) is 6.67. The molecule has 1 fully saturated rings. The lowest BCUT2D eigenvalue weighted by Crippen LogP contribution is -2.36. The van der Waals surface area contributed by atoms with Crippen LogP contribution in [0, 0.1) is 0 Å². The molecule has 2 aliphatic heterocycles. The second-order valence-electron chi connectivity index (χ2n) is 8.84. The van der Waals surface area contributed by atoms with Crippen LogP contribution in [-0.2, 0) is 20.7 Å². The number of anilines is 3. The molecule has 7 heteroatoms. The van der Waals surface area contributed by atoms with E-state index in [2.05, 4.69) is 38.7 Å². The highest BCUT2D eigenvalue weighted by Crippen LogP contribution is 2.33. The van der Waals surface area contributed by atoms with E-state index in [9.17, 15) is 9.59 Å². The molecule has 35 heavy (non-hydrogen) atoms. The Bertz CT molecular complexity index is 1260. The van der Waals surface area contributed by atoms with Crippen molar-refractivity contribution in [1.82, 2.24) is 0 Å². The Kier molecular flexibility index (Phi) is 6.59. The summed E-state index contributed by atoms with van der Waals surface area (Å²) in [5, 5.41) is 5.78. The highest BCUT2D eigenvalue weighted by Gasteiger charge is 2.29. The number of nitrogens with zero attached hydrogens (tertiary/aromatic N) is 2. The Balaban J connectivity index is 1.31. The Morgan fingerprint density at radius 1 is 1.09 bits per heavy atom. The lowest BCUT2D eigenvalue weighted by atomic mass is 9.96. The van der Waals surface area contributed by atoms with Gasteiger partial charge in [-0.15, -0.1) is 0 Å². The Labute approximate surface area is 204 Å². The molecule has 2 aliphatic rings. The molecule has 0 bridgehead atoms. The summed E-state index contributed by atoms with van der Waals surface area (Å²) in [6.45, 7) is 4.78. The summed E-state index contributed by atoms with van der Waals surface area (Å²) in [6, 6.07) is 21.9. The van der Waals surface area contributed by atoms with Crippen LogP contribution in [0.15, 0.2) is 71.7 Å². The normalized spacial score (nSPS) is 17.3. The number of carbonyl (C=O) groups excluding carboxylic acids is 2. The van der Waals surface area contributed by atoms with Gasteiger partial charge in [0, 0.05) is 43.3 Å². The zero-order chi connectivity index (χ0) is 24.2. The van der Waals surface area contributed by atoms with Gasteiger partial charge in [0.2, 0.25) is 11.8 Å². The molecule has 7 nitrogen and oxygen atoms in total. The third-order valence-corrected chi connectivity index (χ3v) is 6.25. The molecule has 2 heterocycles. The van der Waals surface area contributed by atoms with Gasteiger partial charge in [-0.05, 0) is 65.6 Å².